The highest BCUT2D eigenvalue weighted by atomic mass is 16.4. The van der Waals surface area contributed by atoms with Crippen molar-refractivity contribution < 1.29 is 15.0 Å². The molecule has 0 saturated carbocycles. The number of amides is 1. The summed E-state index contributed by atoms with van der Waals surface area (Å²) in [6.45, 7) is 1.91. The Morgan fingerprint density at radius 1 is 1.59 bits per heavy atom. The molecule has 5 heteroatoms. The highest BCUT2D eigenvalue weighted by molar-refractivity contribution is 5.87. The van der Waals surface area contributed by atoms with E-state index in [0.29, 0.717) is 12.2 Å². The predicted molar refractivity (Wildman–Crippen MR) is 63.3 cm³/mol. The summed E-state index contributed by atoms with van der Waals surface area (Å²) in [5, 5.41) is 18.1. The molecule has 1 aromatic rings. The number of hydrogen-bond acceptors (Lipinski definition) is 3. The van der Waals surface area contributed by atoms with E-state index in [1.54, 1.807) is 0 Å². The van der Waals surface area contributed by atoms with Crippen LogP contribution in [0.2, 0.25) is 0 Å². The van der Waals surface area contributed by atoms with Crippen LogP contribution in [0.3, 0.4) is 0 Å². The zero-order valence-corrected chi connectivity index (χ0v) is 9.76. The lowest BCUT2D eigenvalue weighted by Gasteiger charge is -2.32. The number of aromatic nitrogens is 1. The Kier molecular flexibility index (Phi) is 3.28. The highest BCUT2D eigenvalue weighted by Crippen LogP contribution is 2.29. The SMILES string of the molecule is CC1CCc2ccc(CCO)nc2N1C(=O)O. The molecular weight excluding hydrogens is 220 g/mol. The van der Waals surface area contributed by atoms with Crippen LogP contribution in [0.4, 0.5) is 10.6 Å². The summed E-state index contributed by atoms with van der Waals surface area (Å²) >= 11 is 0. The second-order valence-corrected chi connectivity index (χ2v) is 4.30. The fraction of sp³-hybridized carbons (Fsp3) is 0.500. The Bertz CT molecular complexity index is 434. The number of anilines is 1. The molecule has 17 heavy (non-hydrogen) atoms. The van der Waals surface area contributed by atoms with Gasteiger partial charge in [0.05, 0.1) is 0 Å². The first-order chi connectivity index (χ1) is 8.13. The second kappa shape index (κ2) is 4.71. The van der Waals surface area contributed by atoms with Gasteiger partial charge in [-0.1, -0.05) is 6.07 Å². The van der Waals surface area contributed by atoms with Gasteiger partial charge in [-0.2, -0.15) is 0 Å². The van der Waals surface area contributed by atoms with Crippen LogP contribution in [0.5, 0.6) is 0 Å². The number of nitrogens with zero attached hydrogens (tertiary/aromatic N) is 2. The van der Waals surface area contributed by atoms with Crippen molar-refractivity contribution in [3.05, 3.63) is 23.4 Å². The zero-order valence-electron chi connectivity index (χ0n) is 9.76. The van der Waals surface area contributed by atoms with Crippen molar-refractivity contribution in [2.75, 3.05) is 11.5 Å². The van der Waals surface area contributed by atoms with Gasteiger partial charge < -0.3 is 10.2 Å². The molecule has 1 aliphatic heterocycles. The van der Waals surface area contributed by atoms with E-state index in [2.05, 4.69) is 4.98 Å². The van der Waals surface area contributed by atoms with Crippen LogP contribution in [0, 0.1) is 0 Å². The summed E-state index contributed by atoms with van der Waals surface area (Å²) in [6, 6.07) is 3.72. The summed E-state index contributed by atoms with van der Waals surface area (Å²) in [5.74, 6) is 0.530. The van der Waals surface area contributed by atoms with E-state index < -0.39 is 6.09 Å². The molecule has 1 amide bonds. The molecule has 0 aliphatic carbocycles. The van der Waals surface area contributed by atoms with Gasteiger partial charge in [0.25, 0.3) is 0 Å². The van der Waals surface area contributed by atoms with Gasteiger partial charge in [0.2, 0.25) is 0 Å². The van der Waals surface area contributed by atoms with E-state index in [1.807, 2.05) is 19.1 Å². The van der Waals surface area contributed by atoms with Crippen molar-refractivity contribution in [1.82, 2.24) is 4.98 Å². The third-order valence-corrected chi connectivity index (χ3v) is 3.09. The van der Waals surface area contributed by atoms with Gasteiger partial charge in [0, 0.05) is 24.8 Å². The molecule has 1 unspecified atom stereocenters. The molecule has 0 fully saturated rings. The Labute approximate surface area is 99.7 Å². The third kappa shape index (κ3) is 2.24. The fourth-order valence-electron chi connectivity index (χ4n) is 2.16. The molecule has 0 radical (unpaired) electrons. The first kappa shape index (κ1) is 11.9. The molecule has 2 rings (SSSR count). The summed E-state index contributed by atoms with van der Waals surface area (Å²) in [4.78, 5) is 16.9. The average molecular weight is 236 g/mol. The largest absolute Gasteiger partial charge is 0.465 e. The highest BCUT2D eigenvalue weighted by Gasteiger charge is 2.29. The zero-order chi connectivity index (χ0) is 12.4. The Balaban J connectivity index is 2.41. The van der Waals surface area contributed by atoms with Crippen molar-refractivity contribution in [1.29, 1.82) is 0 Å². The summed E-state index contributed by atoms with van der Waals surface area (Å²) in [5.41, 5.74) is 1.69. The lowest BCUT2D eigenvalue weighted by molar-refractivity contribution is 0.198. The topological polar surface area (TPSA) is 73.7 Å². The Morgan fingerprint density at radius 3 is 3.00 bits per heavy atom. The van der Waals surface area contributed by atoms with Gasteiger partial charge in [-0.3, -0.25) is 4.90 Å². The van der Waals surface area contributed by atoms with E-state index in [1.165, 1.54) is 4.90 Å². The van der Waals surface area contributed by atoms with Gasteiger partial charge in [-0.25, -0.2) is 9.78 Å². The molecule has 0 bridgehead atoms. The van der Waals surface area contributed by atoms with Crippen molar-refractivity contribution in [3.8, 4) is 0 Å². The summed E-state index contributed by atoms with van der Waals surface area (Å²) in [6.07, 6.45) is 1.16. The number of aliphatic hydroxyl groups excluding tert-OH is 1. The van der Waals surface area contributed by atoms with Crippen LogP contribution < -0.4 is 4.90 Å². The molecule has 92 valence electrons. The van der Waals surface area contributed by atoms with Crippen molar-refractivity contribution in [2.24, 2.45) is 0 Å². The van der Waals surface area contributed by atoms with Crippen LogP contribution in [0.1, 0.15) is 24.6 Å². The van der Waals surface area contributed by atoms with E-state index in [0.717, 1.165) is 24.1 Å². The van der Waals surface area contributed by atoms with Crippen molar-refractivity contribution >= 4 is 11.9 Å². The van der Waals surface area contributed by atoms with Crippen LogP contribution in [0.25, 0.3) is 0 Å². The standard InChI is InChI=1S/C12H16N2O3/c1-8-2-3-9-4-5-10(6-7-15)13-11(9)14(8)12(16)17/h4-5,8,15H,2-3,6-7H2,1H3,(H,16,17). The second-order valence-electron chi connectivity index (χ2n) is 4.30. The first-order valence-corrected chi connectivity index (χ1v) is 5.75. The molecule has 2 heterocycles. The predicted octanol–water partition coefficient (Wildman–Crippen LogP) is 1.44. The lowest BCUT2D eigenvalue weighted by Crippen LogP contribution is -2.42. The molecule has 2 N–H and O–H groups in total. The average Bonchev–Trinajstić information content (AvgIpc) is 2.28. The first-order valence-electron chi connectivity index (χ1n) is 5.75. The number of aliphatic hydroxyl groups is 1. The number of aryl methyl sites for hydroxylation is 1. The number of pyridine rings is 1. The van der Waals surface area contributed by atoms with Gasteiger partial charge in [-0.15, -0.1) is 0 Å². The van der Waals surface area contributed by atoms with Crippen LogP contribution in [-0.4, -0.2) is 33.9 Å². The molecule has 1 aliphatic rings. The van der Waals surface area contributed by atoms with Crippen LogP contribution >= 0.6 is 0 Å². The van der Waals surface area contributed by atoms with Gasteiger partial charge >= 0.3 is 6.09 Å². The summed E-state index contributed by atoms with van der Waals surface area (Å²) in [7, 11) is 0. The third-order valence-electron chi connectivity index (χ3n) is 3.09. The minimum Gasteiger partial charge on any atom is -0.465 e. The monoisotopic (exact) mass is 236 g/mol. The maximum absolute atomic E-state index is 11.2. The Morgan fingerprint density at radius 2 is 2.35 bits per heavy atom. The molecule has 0 spiro atoms. The molecule has 1 aromatic heterocycles. The fourth-order valence-corrected chi connectivity index (χ4v) is 2.16. The number of fused-ring (bicyclic) bond motifs is 1. The van der Waals surface area contributed by atoms with Gasteiger partial charge in [-0.05, 0) is 31.4 Å². The number of carbonyl (C=O) groups is 1. The van der Waals surface area contributed by atoms with E-state index >= 15 is 0 Å². The smallest absolute Gasteiger partial charge is 0.413 e. The van der Waals surface area contributed by atoms with Crippen LogP contribution in [0.15, 0.2) is 12.1 Å². The van der Waals surface area contributed by atoms with Gasteiger partial charge in [0.1, 0.15) is 5.82 Å². The van der Waals surface area contributed by atoms with E-state index in [-0.39, 0.29) is 12.6 Å². The molecule has 1 atom stereocenters. The number of hydrogen-bond donors (Lipinski definition) is 2. The maximum atomic E-state index is 11.2. The van der Waals surface area contributed by atoms with E-state index in [9.17, 15) is 9.90 Å². The molecule has 0 saturated heterocycles. The minimum absolute atomic E-state index is 0.0222. The quantitative estimate of drug-likeness (QED) is 0.814. The van der Waals surface area contributed by atoms with Gasteiger partial charge in [0.15, 0.2) is 0 Å². The van der Waals surface area contributed by atoms with E-state index in [4.69, 9.17) is 5.11 Å². The molecule has 0 aromatic carbocycles. The van der Waals surface area contributed by atoms with Crippen molar-refractivity contribution in [2.45, 2.75) is 32.2 Å². The molecule has 5 nitrogen and oxygen atoms in total. The normalized spacial score (nSPS) is 18.9. The van der Waals surface area contributed by atoms with Crippen molar-refractivity contribution in [3.63, 3.8) is 0 Å². The maximum Gasteiger partial charge on any atom is 0.413 e. The minimum atomic E-state index is -0.966. The Hall–Kier alpha value is -1.62. The molecular formula is C12H16N2O3. The summed E-state index contributed by atoms with van der Waals surface area (Å²) < 4.78 is 0. The lowest BCUT2D eigenvalue weighted by atomic mass is 9.99. The van der Waals surface area contributed by atoms with Crippen LogP contribution in [-0.2, 0) is 12.8 Å². The number of carboxylic acid groups (broad SMARTS) is 1. The number of rotatable bonds is 2.